The summed E-state index contributed by atoms with van der Waals surface area (Å²) in [4.78, 5) is 1.38. The number of ether oxygens (including phenoxy) is 1. The lowest BCUT2D eigenvalue weighted by Crippen LogP contribution is -2.28. The Balaban J connectivity index is 2.10. The van der Waals surface area contributed by atoms with Gasteiger partial charge in [0.2, 0.25) is 0 Å². The predicted octanol–water partition coefficient (Wildman–Crippen LogP) is 4.20. The van der Waals surface area contributed by atoms with E-state index in [1.165, 1.54) is 8.66 Å². The van der Waals surface area contributed by atoms with Crippen molar-refractivity contribution in [1.82, 2.24) is 0 Å². The van der Waals surface area contributed by atoms with Crippen LogP contribution in [0.1, 0.15) is 36.8 Å². The lowest BCUT2D eigenvalue weighted by atomic mass is 10.1. The highest BCUT2D eigenvalue weighted by molar-refractivity contribution is 9.11. The van der Waals surface area contributed by atoms with Crippen LogP contribution in [0.15, 0.2) is 15.9 Å². The minimum absolute atomic E-state index is 0.216. The quantitative estimate of drug-likeness (QED) is 0.864. The monoisotopic (exact) mass is 349 g/mol. The zero-order chi connectivity index (χ0) is 13.1. The summed E-state index contributed by atoms with van der Waals surface area (Å²) in [5, 5.41) is 0.967. The molecule has 1 aliphatic rings. The van der Waals surface area contributed by atoms with Crippen LogP contribution >= 0.6 is 39.0 Å². The van der Waals surface area contributed by atoms with Gasteiger partial charge in [0.05, 0.1) is 15.1 Å². The average Bonchev–Trinajstić information content (AvgIpc) is 2.94. The second-order valence-electron chi connectivity index (χ2n) is 4.67. The van der Waals surface area contributed by atoms with Gasteiger partial charge >= 0.3 is 0 Å². The number of thioether (sulfide) groups is 1. The van der Waals surface area contributed by atoms with Gasteiger partial charge in [-0.25, -0.2) is 0 Å². The molecule has 2 nitrogen and oxygen atoms in total. The van der Waals surface area contributed by atoms with Crippen LogP contribution in [-0.2, 0) is 4.74 Å². The van der Waals surface area contributed by atoms with Gasteiger partial charge in [-0.2, -0.15) is 0 Å². The molecule has 0 spiro atoms. The van der Waals surface area contributed by atoms with Gasteiger partial charge < -0.3 is 10.5 Å². The summed E-state index contributed by atoms with van der Waals surface area (Å²) < 4.78 is 6.84. The summed E-state index contributed by atoms with van der Waals surface area (Å²) >= 11 is 7.34. The van der Waals surface area contributed by atoms with Crippen molar-refractivity contribution in [2.45, 2.75) is 49.3 Å². The second-order valence-corrected chi connectivity index (χ2v) is 8.55. The summed E-state index contributed by atoms with van der Waals surface area (Å²) in [6.45, 7) is 5.22. The minimum Gasteiger partial charge on any atom is -0.377 e. The third-order valence-electron chi connectivity index (χ3n) is 3.36. The number of hydrogen-bond acceptors (Lipinski definition) is 4. The maximum Gasteiger partial charge on any atom is 0.0701 e. The van der Waals surface area contributed by atoms with Crippen molar-refractivity contribution in [3.05, 3.63) is 20.8 Å². The highest BCUT2D eigenvalue weighted by Gasteiger charge is 2.31. The summed E-state index contributed by atoms with van der Waals surface area (Å²) in [5.41, 5.74) is 6.31. The Bertz CT molecular complexity index is 385. The molecule has 0 radical (unpaired) electrons. The van der Waals surface area contributed by atoms with E-state index in [9.17, 15) is 0 Å². The van der Waals surface area contributed by atoms with E-state index >= 15 is 0 Å². The van der Waals surface area contributed by atoms with Crippen LogP contribution in [0, 0.1) is 0 Å². The predicted molar refractivity (Wildman–Crippen MR) is 84.4 cm³/mol. The first-order valence-electron chi connectivity index (χ1n) is 6.39. The molecule has 0 saturated carbocycles. The van der Waals surface area contributed by atoms with Crippen LogP contribution < -0.4 is 5.73 Å². The minimum atomic E-state index is 0.216. The van der Waals surface area contributed by atoms with Crippen molar-refractivity contribution in [2.75, 3.05) is 6.61 Å². The molecule has 2 rings (SSSR count). The molecule has 1 aliphatic heterocycles. The molecule has 2 heterocycles. The fraction of sp³-hybridized carbons (Fsp3) is 0.692. The lowest BCUT2D eigenvalue weighted by Gasteiger charge is -2.25. The molecule has 0 amide bonds. The van der Waals surface area contributed by atoms with E-state index in [0.717, 1.165) is 19.4 Å². The molecule has 0 bridgehead atoms. The maximum absolute atomic E-state index is 6.31. The summed E-state index contributed by atoms with van der Waals surface area (Å²) in [5.74, 6) is 0. The SMILES string of the molecule is CCC(N)C(SC1CCOC1C)c1ccc(Br)s1. The molecule has 1 saturated heterocycles. The van der Waals surface area contributed by atoms with Crippen LogP contribution in [0.25, 0.3) is 0 Å². The van der Waals surface area contributed by atoms with Crippen LogP contribution in [-0.4, -0.2) is 24.0 Å². The van der Waals surface area contributed by atoms with Gasteiger partial charge in [0.15, 0.2) is 0 Å². The van der Waals surface area contributed by atoms with Crippen molar-refractivity contribution in [2.24, 2.45) is 5.73 Å². The van der Waals surface area contributed by atoms with Gasteiger partial charge in [0.25, 0.3) is 0 Å². The number of halogens is 1. The van der Waals surface area contributed by atoms with Gasteiger partial charge in [0, 0.05) is 22.8 Å². The highest BCUT2D eigenvalue weighted by atomic mass is 79.9. The molecule has 4 atom stereocenters. The topological polar surface area (TPSA) is 35.2 Å². The first-order chi connectivity index (χ1) is 8.61. The van der Waals surface area contributed by atoms with Crippen molar-refractivity contribution < 1.29 is 4.74 Å². The highest BCUT2D eigenvalue weighted by Crippen LogP contribution is 2.43. The Morgan fingerprint density at radius 1 is 1.61 bits per heavy atom. The molecule has 0 aromatic carbocycles. The molecule has 0 aliphatic carbocycles. The van der Waals surface area contributed by atoms with Gasteiger partial charge in [-0.05, 0) is 47.8 Å². The van der Waals surface area contributed by atoms with Gasteiger partial charge in [-0.15, -0.1) is 23.1 Å². The van der Waals surface area contributed by atoms with Crippen LogP contribution in [0.4, 0.5) is 0 Å². The first kappa shape index (κ1) is 14.9. The van der Waals surface area contributed by atoms with Crippen LogP contribution in [0.3, 0.4) is 0 Å². The van der Waals surface area contributed by atoms with E-state index in [2.05, 4.69) is 41.9 Å². The van der Waals surface area contributed by atoms with E-state index in [4.69, 9.17) is 10.5 Å². The third-order valence-corrected chi connectivity index (χ3v) is 7.08. The average molecular weight is 350 g/mol. The lowest BCUT2D eigenvalue weighted by molar-refractivity contribution is 0.127. The number of hydrogen-bond donors (Lipinski definition) is 1. The summed E-state index contributed by atoms with van der Waals surface area (Å²) in [6, 6.07) is 4.53. The molecule has 18 heavy (non-hydrogen) atoms. The smallest absolute Gasteiger partial charge is 0.0701 e. The fourth-order valence-electron chi connectivity index (χ4n) is 2.15. The maximum atomic E-state index is 6.31. The van der Waals surface area contributed by atoms with Gasteiger partial charge in [0.1, 0.15) is 0 Å². The zero-order valence-electron chi connectivity index (χ0n) is 10.8. The van der Waals surface area contributed by atoms with Crippen LogP contribution in [0.5, 0.6) is 0 Å². The third kappa shape index (κ3) is 3.51. The molecule has 102 valence electrons. The van der Waals surface area contributed by atoms with Crippen molar-refractivity contribution in [3.8, 4) is 0 Å². The van der Waals surface area contributed by atoms with Crippen LogP contribution in [0.2, 0.25) is 0 Å². The van der Waals surface area contributed by atoms with E-state index < -0.39 is 0 Å². The normalized spacial score (nSPS) is 27.3. The summed E-state index contributed by atoms with van der Waals surface area (Å²) in [6.07, 6.45) is 2.51. The van der Waals surface area contributed by atoms with Crippen molar-refractivity contribution in [3.63, 3.8) is 0 Å². The summed E-state index contributed by atoms with van der Waals surface area (Å²) in [7, 11) is 0. The Morgan fingerprint density at radius 3 is 2.89 bits per heavy atom. The molecule has 1 aromatic heterocycles. The second kappa shape index (κ2) is 6.75. The molecule has 5 heteroatoms. The number of nitrogens with two attached hydrogens (primary N) is 1. The number of rotatable bonds is 5. The van der Waals surface area contributed by atoms with Gasteiger partial charge in [-0.1, -0.05) is 6.92 Å². The van der Waals surface area contributed by atoms with E-state index in [1.807, 2.05) is 11.8 Å². The Labute approximate surface area is 126 Å². The van der Waals surface area contributed by atoms with Crippen molar-refractivity contribution in [1.29, 1.82) is 0 Å². The fourth-order valence-corrected chi connectivity index (χ4v) is 5.46. The standard InChI is InChI=1S/C13H20BrNOS2/c1-3-9(15)13(11-4-5-12(14)17-11)18-10-6-7-16-8(10)2/h4-5,8-10,13H,3,6-7,15H2,1-2H3. The Kier molecular flexibility index (Phi) is 5.57. The Morgan fingerprint density at radius 2 is 2.39 bits per heavy atom. The van der Waals surface area contributed by atoms with E-state index in [1.54, 1.807) is 11.3 Å². The largest absolute Gasteiger partial charge is 0.377 e. The van der Waals surface area contributed by atoms with E-state index in [-0.39, 0.29) is 6.04 Å². The van der Waals surface area contributed by atoms with E-state index in [0.29, 0.717) is 16.6 Å². The molecule has 1 aromatic rings. The Hall–Kier alpha value is 0.450. The first-order valence-corrected chi connectivity index (χ1v) is 8.95. The molecule has 4 unspecified atom stereocenters. The van der Waals surface area contributed by atoms with Crippen molar-refractivity contribution >= 4 is 39.0 Å². The number of thiophene rings is 1. The molecule has 2 N–H and O–H groups in total. The van der Waals surface area contributed by atoms with Gasteiger partial charge in [-0.3, -0.25) is 0 Å². The molecular weight excluding hydrogens is 330 g/mol. The zero-order valence-corrected chi connectivity index (χ0v) is 14.0. The molecule has 1 fully saturated rings. The molecular formula is C13H20BrNOS2.